The molecular weight excluding hydrogens is 246 g/mol. The highest BCUT2D eigenvalue weighted by molar-refractivity contribution is 5.30. The van der Waals surface area contributed by atoms with Crippen molar-refractivity contribution in [1.29, 1.82) is 0 Å². The first-order valence-corrected chi connectivity index (χ1v) is 6.16. The topological polar surface area (TPSA) is 20.2 Å². The molecule has 3 heteroatoms. The van der Waals surface area contributed by atoms with Crippen LogP contribution in [0.2, 0.25) is 0 Å². The van der Waals surface area contributed by atoms with Crippen molar-refractivity contribution in [3.63, 3.8) is 0 Å². The first-order valence-electron chi connectivity index (χ1n) is 6.16. The van der Waals surface area contributed by atoms with Gasteiger partial charge in [-0.1, -0.05) is 35.4 Å². The lowest BCUT2D eigenvalue weighted by Gasteiger charge is -2.12. The second-order valence-corrected chi connectivity index (χ2v) is 4.89. The summed E-state index contributed by atoms with van der Waals surface area (Å²) in [4.78, 5) is 0. The monoisotopic (exact) mass is 262 g/mol. The molecule has 1 atom stereocenters. The van der Waals surface area contributed by atoms with E-state index >= 15 is 0 Å². The maximum absolute atomic E-state index is 13.1. The van der Waals surface area contributed by atoms with Gasteiger partial charge in [-0.25, -0.2) is 8.78 Å². The van der Waals surface area contributed by atoms with Crippen LogP contribution in [-0.2, 0) is 6.42 Å². The van der Waals surface area contributed by atoms with E-state index in [1.54, 1.807) is 0 Å². The number of benzene rings is 2. The van der Waals surface area contributed by atoms with Crippen LogP contribution in [-0.4, -0.2) is 5.11 Å². The van der Waals surface area contributed by atoms with Gasteiger partial charge >= 0.3 is 0 Å². The van der Waals surface area contributed by atoms with Gasteiger partial charge in [-0.3, -0.25) is 0 Å². The van der Waals surface area contributed by atoms with E-state index in [9.17, 15) is 13.9 Å². The van der Waals surface area contributed by atoms with Crippen LogP contribution in [0.25, 0.3) is 0 Å². The van der Waals surface area contributed by atoms with Crippen molar-refractivity contribution in [2.45, 2.75) is 26.4 Å². The molecule has 0 aromatic heterocycles. The first-order chi connectivity index (χ1) is 8.95. The van der Waals surface area contributed by atoms with Crippen molar-refractivity contribution in [3.05, 3.63) is 70.3 Å². The summed E-state index contributed by atoms with van der Waals surface area (Å²) < 4.78 is 26.0. The summed E-state index contributed by atoms with van der Waals surface area (Å²) in [6.07, 6.45) is -0.454. The van der Waals surface area contributed by atoms with Crippen molar-refractivity contribution in [1.82, 2.24) is 0 Å². The second kappa shape index (κ2) is 5.49. The Kier molecular flexibility index (Phi) is 3.96. The molecule has 1 unspecified atom stereocenters. The number of aliphatic hydroxyl groups excluding tert-OH is 1. The van der Waals surface area contributed by atoms with E-state index in [0.717, 1.165) is 28.8 Å². The molecule has 19 heavy (non-hydrogen) atoms. The lowest BCUT2D eigenvalue weighted by atomic mass is 9.98. The molecular formula is C16H16F2O. The van der Waals surface area contributed by atoms with Crippen molar-refractivity contribution in [2.75, 3.05) is 0 Å². The Morgan fingerprint density at radius 1 is 0.947 bits per heavy atom. The third kappa shape index (κ3) is 3.38. The zero-order chi connectivity index (χ0) is 14.0. The minimum absolute atomic E-state index is 0.383. The smallest absolute Gasteiger partial charge is 0.159 e. The molecule has 100 valence electrons. The Bertz CT molecular complexity index is 573. The molecule has 0 aliphatic rings. The molecule has 0 spiro atoms. The zero-order valence-corrected chi connectivity index (χ0v) is 11.0. The third-order valence-electron chi connectivity index (χ3n) is 3.04. The number of halogens is 2. The Balaban J connectivity index is 2.20. The molecule has 2 aromatic rings. The zero-order valence-electron chi connectivity index (χ0n) is 11.0. The van der Waals surface area contributed by atoms with E-state index in [4.69, 9.17) is 0 Å². The Morgan fingerprint density at radius 3 is 2.16 bits per heavy atom. The highest BCUT2D eigenvalue weighted by Gasteiger charge is 2.12. The SMILES string of the molecule is Cc1cc(C)cc(CC(O)c2ccc(F)c(F)c2)c1. The number of hydrogen-bond acceptors (Lipinski definition) is 1. The average Bonchev–Trinajstić information content (AvgIpc) is 2.31. The quantitative estimate of drug-likeness (QED) is 0.890. The Labute approximate surface area is 111 Å². The lowest BCUT2D eigenvalue weighted by molar-refractivity contribution is 0.178. The van der Waals surface area contributed by atoms with Gasteiger partial charge in [0.15, 0.2) is 11.6 Å². The summed E-state index contributed by atoms with van der Waals surface area (Å²) >= 11 is 0. The van der Waals surface area contributed by atoms with Gasteiger partial charge in [-0.05, 0) is 37.1 Å². The highest BCUT2D eigenvalue weighted by Crippen LogP contribution is 2.21. The number of rotatable bonds is 3. The maximum atomic E-state index is 13.1. The van der Waals surface area contributed by atoms with Gasteiger partial charge in [0, 0.05) is 6.42 Å². The predicted octanol–water partition coefficient (Wildman–Crippen LogP) is 3.86. The standard InChI is InChI=1S/C16H16F2O/c1-10-5-11(2)7-12(6-10)8-16(19)13-3-4-14(17)15(18)9-13/h3-7,9,16,19H,8H2,1-2H3. The summed E-state index contributed by atoms with van der Waals surface area (Å²) in [7, 11) is 0. The molecule has 0 aliphatic carbocycles. The second-order valence-electron chi connectivity index (χ2n) is 4.89. The Morgan fingerprint density at radius 2 is 1.58 bits per heavy atom. The molecule has 1 N–H and O–H groups in total. The highest BCUT2D eigenvalue weighted by atomic mass is 19.2. The van der Waals surface area contributed by atoms with Gasteiger partial charge in [0.1, 0.15) is 0 Å². The van der Waals surface area contributed by atoms with Gasteiger partial charge in [-0.2, -0.15) is 0 Å². The summed E-state index contributed by atoms with van der Waals surface area (Å²) in [5.74, 6) is -1.83. The fourth-order valence-electron chi connectivity index (χ4n) is 2.25. The van der Waals surface area contributed by atoms with Crippen LogP contribution in [0.4, 0.5) is 8.78 Å². The van der Waals surface area contributed by atoms with E-state index < -0.39 is 17.7 Å². The summed E-state index contributed by atoms with van der Waals surface area (Å²) in [6, 6.07) is 9.50. The molecule has 2 aromatic carbocycles. The van der Waals surface area contributed by atoms with Crippen LogP contribution in [0.5, 0.6) is 0 Å². The Hall–Kier alpha value is -1.74. The average molecular weight is 262 g/mol. The number of hydrogen-bond donors (Lipinski definition) is 1. The van der Waals surface area contributed by atoms with Crippen molar-refractivity contribution >= 4 is 0 Å². The first kappa shape index (κ1) is 13.7. The summed E-state index contributed by atoms with van der Waals surface area (Å²) in [5.41, 5.74) is 3.60. The van der Waals surface area contributed by atoms with Crippen LogP contribution in [0, 0.1) is 25.5 Å². The van der Waals surface area contributed by atoms with E-state index in [-0.39, 0.29) is 0 Å². The van der Waals surface area contributed by atoms with Crippen LogP contribution >= 0.6 is 0 Å². The molecule has 0 bridgehead atoms. The van der Waals surface area contributed by atoms with Gasteiger partial charge < -0.3 is 5.11 Å². The van der Waals surface area contributed by atoms with Crippen LogP contribution in [0.3, 0.4) is 0 Å². The minimum Gasteiger partial charge on any atom is -0.388 e. The van der Waals surface area contributed by atoms with Crippen LogP contribution in [0.15, 0.2) is 36.4 Å². The van der Waals surface area contributed by atoms with E-state index in [1.165, 1.54) is 6.07 Å². The van der Waals surface area contributed by atoms with Gasteiger partial charge in [0.25, 0.3) is 0 Å². The largest absolute Gasteiger partial charge is 0.388 e. The molecule has 0 amide bonds. The molecule has 0 fully saturated rings. The molecule has 0 radical (unpaired) electrons. The van der Waals surface area contributed by atoms with E-state index in [0.29, 0.717) is 12.0 Å². The summed E-state index contributed by atoms with van der Waals surface area (Å²) in [6.45, 7) is 3.97. The molecule has 2 rings (SSSR count). The van der Waals surface area contributed by atoms with Crippen LogP contribution < -0.4 is 0 Å². The van der Waals surface area contributed by atoms with Crippen LogP contribution in [0.1, 0.15) is 28.4 Å². The number of aryl methyl sites for hydroxylation is 2. The van der Waals surface area contributed by atoms with Crippen molar-refractivity contribution in [2.24, 2.45) is 0 Å². The van der Waals surface area contributed by atoms with E-state index in [1.807, 2.05) is 32.0 Å². The third-order valence-corrected chi connectivity index (χ3v) is 3.04. The fraction of sp³-hybridized carbons (Fsp3) is 0.250. The molecule has 0 aliphatic heterocycles. The van der Waals surface area contributed by atoms with Gasteiger partial charge in [0.05, 0.1) is 6.10 Å². The normalized spacial score (nSPS) is 12.5. The predicted molar refractivity (Wildman–Crippen MR) is 70.9 cm³/mol. The minimum atomic E-state index is -0.933. The summed E-state index contributed by atoms with van der Waals surface area (Å²) in [5, 5.41) is 10.1. The van der Waals surface area contributed by atoms with Gasteiger partial charge in [-0.15, -0.1) is 0 Å². The fourth-order valence-corrected chi connectivity index (χ4v) is 2.25. The lowest BCUT2D eigenvalue weighted by Crippen LogP contribution is -2.03. The van der Waals surface area contributed by atoms with Crippen molar-refractivity contribution < 1.29 is 13.9 Å². The molecule has 0 saturated heterocycles. The van der Waals surface area contributed by atoms with Gasteiger partial charge in [0.2, 0.25) is 0 Å². The molecule has 0 saturated carbocycles. The molecule has 0 heterocycles. The number of aliphatic hydroxyl groups is 1. The molecule has 1 nitrogen and oxygen atoms in total. The maximum Gasteiger partial charge on any atom is 0.159 e. The van der Waals surface area contributed by atoms with Crippen molar-refractivity contribution in [3.8, 4) is 0 Å². The van der Waals surface area contributed by atoms with E-state index in [2.05, 4.69) is 0 Å².